The zero-order chi connectivity index (χ0) is 17.3. The van der Waals surface area contributed by atoms with E-state index in [1.165, 1.54) is 26.2 Å². The smallest absolute Gasteiger partial charge is 0.333 e. The Morgan fingerprint density at radius 1 is 1.21 bits per heavy atom. The molecule has 8 heteroatoms. The first-order valence-electron chi connectivity index (χ1n) is 8.53. The number of alkyl halides is 3. The van der Waals surface area contributed by atoms with Crippen molar-refractivity contribution in [2.24, 2.45) is 0 Å². The first-order valence-corrected chi connectivity index (χ1v) is 8.53. The molecule has 1 aromatic heterocycles. The Morgan fingerprint density at radius 2 is 1.92 bits per heavy atom. The fraction of sp³-hybridized carbons (Fsp3) is 0.750. The fourth-order valence-corrected chi connectivity index (χ4v) is 3.75. The van der Waals surface area contributed by atoms with Gasteiger partial charge in [0.1, 0.15) is 5.69 Å². The third-order valence-corrected chi connectivity index (χ3v) is 5.05. The molecule has 2 saturated heterocycles. The van der Waals surface area contributed by atoms with E-state index >= 15 is 0 Å². The number of nitrogens with one attached hydrogen (secondary N) is 1. The van der Waals surface area contributed by atoms with Crippen LogP contribution in [0.4, 0.5) is 13.2 Å². The molecule has 1 aromatic rings. The topological polar surface area (TPSA) is 52.2 Å². The number of H-pyrrole nitrogens is 1. The maximum absolute atomic E-state index is 12.9. The first kappa shape index (κ1) is 17.3. The van der Waals surface area contributed by atoms with Gasteiger partial charge in [-0.05, 0) is 45.7 Å². The highest BCUT2D eigenvalue weighted by Crippen LogP contribution is 2.32. The van der Waals surface area contributed by atoms with Gasteiger partial charge in [0, 0.05) is 24.7 Å². The molecule has 0 spiro atoms. The lowest BCUT2D eigenvalue weighted by atomic mass is 10.1. The molecule has 1 atom stereocenters. The Hall–Kier alpha value is -1.57. The molecule has 134 valence electrons. The summed E-state index contributed by atoms with van der Waals surface area (Å²) in [6, 6.07) is 0.0704. The lowest BCUT2D eigenvalue weighted by Crippen LogP contribution is -2.45. The summed E-state index contributed by atoms with van der Waals surface area (Å²) in [6.45, 7) is 4.78. The Morgan fingerprint density at radius 3 is 2.54 bits per heavy atom. The maximum Gasteiger partial charge on any atom is 0.433 e. The van der Waals surface area contributed by atoms with E-state index in [9.17, 15) is 18.0 Å². The number of halogens is 3. The van der Waals surface area contributed by atoms with Gasteiger partial charge in [0.15, 0.2) is 5.69 Å². The second-order valence-electron chi connectivity index (χ2n) is 6.73. The molecule has 2 fully saturated rings. The van der Waals surface area contributed by atoms with Crippen LogP contribution >= 0.6 is 0 Å². The Labute approximate surface area is 139 Å². The average molecular weight is 344 g/mol. The molecular weight excluding hydrogens is 321 g/mol. The number of carbonyl (C=O) groups is 1. The minimum Gasteiger partial charge on any atom is -0.333 e. The molecule has 0 saturated carbocycles. The van der Waals surface area contributed by atoms with Crippen LogP contribution in [-0.2, 0) is 6.18 Å². The average Bonchev–Trinajstić information content (AvgIpc) is 3.14. The number of aromatic nitrogens is 2. The normalized spacial score (nSPS) is 23.0. The number of nitrogens with zero attached hydrogens (tertiary/aromatic N) is 3. The predicted octanol–water partition coefficient (Wildman–Crippen LogP) is 2.83. The molecular formula is C16H23F3N4O. The number of aromatic amines is 1. The van der Waals surface area contributed by atoms with E-state index in [1.54, 1.807) is 4.90 Å². The number of amides is 1. The van der Waals surface area contributed by atoms with Gasteiger partial charge in [0.05, 0.1) is 0 Å². The summed E-state index contributed by atoms with van der Waals surface area (Å²) in [5.41, 5.74) is -1.15. The van der Waals surface area contributed by atoms with E-state index in [4.69, 9.17) is 0 Å². The summed E-state index contributed by atoms with van der Waals surface area (Å²) < 4.78 is 38.7. The zero-order valence-electron chi connectivity index (χ0n) is 13.8. The van der Waals surface area contributed by atoms with Gasteiger partial charge >= 0.3 is 6.18 Å². The van der Waals surface area contributed by atoms with Crippen molar-refractivity contribution in [3.05, 3.63) is 17.0 Å². The fourth-order valence-electron chi connectivity index (χ4n) is 3.75. The van der Waals surface area contributed by atoms with Gasteiger partial charge in [-0.2, -0.15) is 18.3 Å². The van der Waals surface area contributed by atoms with Crippen molar-refractivity contribution in [1.82, 2.24) is 20.0 Å². The van der Waals surface area contributed by atoms with Crippen LogP contribution < -0.4 is 0 Å². The number of hydrogen-bond donors (Lipinski definition) is 1. The van der Waals surface area contributed by atoms with Gasteiger partial charge in [-0.3, -0.25) is 9.89 Å². The van der Waals surface area contributed by atoms with Crippen LogP contribution in [0.2, 0.25) is 0 Å². The lowest BCUT2D eigenvalue weighted by molar-refractivity contribution is -0.141. The maximum atomic E-state index is 12.9. The highest BCUT2D eigenvalue weighted by molar-refractivity contribution is 5.94. The van der Waals surface area contributed by atoms with E-state index in [0.717, 1.165) is 32.5 Å². The van der Waals surface area contributed by atoms with Crippen LogP contribution in [0.3, 0.4) is 0 Å². The number of hydrogen-bond acceptors (Lipinski definition) is 3. The first-order chi connectivity index (χ1) is 11.4. The van der Waals surface area contributed by atoms with Crippen molar-refractivity contribution >= 4 is 5.91 Å². The monoisotopic (exact) mass is 344 g/mol. The van der Waals surface area contributed by atoms with Crippen LogP contribution in [0, 0.1) is 6.92 Å². The van der Waals surface area contributed by atoms with E-state index in [-0.39, 0.29) is 17.3 Å². The third kappa shape index (κ3) is 3.43. The standard InChI is InChI=1S/C16H23F3N4O/c1-11-13(20-21-14(11)16(17,18)19)15(24)23-9-5-6-12(23)10-22-7-3-2-4-8-22/h12H,2-10H2,1H3,(H,20,21). The number of carbonyl (C=O) groups excluding carboxylic acids is 1. The van der Waals surface area contributed by atoms with Gasteiger partial charge < -0.3 is 9.80 Å². The van der Waals surface area contributed by atoms with Gasteiger partial charge in [-0.1, -0.05) is 6.42 Å². The Balaban J connectivity index is 1.72. The third-order valence-electron chi connectivity index (χ3n) is 5.05. The zero-order valence-corrected chi connectivity index (χ0v) is 13.8. The SMILES string of the molecule is Cc1c(C(=O)N2CCCC2CN2CCCCC2)n[nH]c1C(F)(F)F. The molecule has 1 unspecified atom stereocenters. The van der Waals surface area contributed by atoms with E-state index in [1.807, 2.05) is 5.10 Å². The van der Waals surface area contributed by atoms with Crippen molar-refractivity contribution in [3.8, 4) is 0 Å². The van der Waals surface area contributed by atoms with Crippen molar-refractivity contribution in [2.75, 3.05) is 26.2 Å². The van der Waals surface area contributed by atoms with Crippen molar-refractivity contribution < 1.29 is 18.0 Å². The lowest BCUT2D eigenvalue weighted by Gasteiger charge is -2.32. The van der Waals surface area contributed by atoms with Gasteiger partial charge in [-0.15, -0.1) is 0 Å². The quantitative estimate of drug-likeness (QED) is 0.917. The molecule has 1 N–H and O–H groups in total. The Kier molecular flexibility index (Phi) is 4.85. The van der Waals surface area contributed by atoms with Gasteiger partial charge in [-0.25, -0.2) is 0 Å². The van der Waals surface area contributed by atoms with Gasteiger partial charge in [0.2, 0.25) is 0 Å². The largest absolute Gasteiger partial charge is 0.433 e. The molecule has 2 aliphatic rings. The molecule has 0 bridgehead atoms. The van der Waals surface area contributed by atoms with Crippen molar-refractivity contribution in [3.63, 3.8) is 0 Å². The van der Waals surface area contributed by atoms with E-state index < -0.39 is 17.8 Å². The summed E-state index contributed by atoms with van der Waals surface area (Å²) in [6.07, 6.45) is 0.865. The van der Waals surface area contributed by atoms with Crippen molar-refractivity contribution in [1.29, 1.82) is 0 Å². The molecule has 1 amide bonds. The second kappa shape index (κ2) is 6.74. The van der Waals surface area contributed by atoms with Gasteiger partial charge in [0.25, 0.3) is 5.91 Å². The van der Waals surface area contributed by atoms with E-state index in [0.29, 0.717) is 6.54 Å². The second-order valence-corrected chi connectivity index (χ2v) is 6.73. The van der Waals surface area contributed by atoms with Crippen LogP contribution in [0.5, 0.6) is 0 Å². The summed E-state index contributed by atoms with van der Waals surface area (Å²) in [7, 11) is 0. The highest BCUT2D eigenvalue weighted by atomic mass is 19.4. The minimum atomic E-state index is -4.52. The summed E-state index contributed by atoms with van der Waals surface area (Å²) in [5.74, 6) is -0.390. The Bertz CT molecular complexity index is 593. The molecule has 3 heterocycles. The predicted molar refractivity (Wildman–Crippen MR) is 82.7 cm³/mol. The van der Waals surface area contributed by atoms with Crippen molar-refractivity contribution in [2.45, 2.75) is 51.2 Å². The summed E-state index contributed by atoms with van der Waals surface area (Å²) >= 11 is 0. The van der Waals surface area contributed by atoms with E-state index in [2.05, 4.69) is 10.00 Å². The highest BCUT2D eigenvalue weighted by Gasteiger charge is 2.39. The molecule has 24 heavy (non-hydrogen) atoms. The molecule has 0 aromatic carbocycles. The molecule has 5 nitrogen and oxygen atoms in total. The number of likely N-dealkylation sites (tertiary alicyclic amines) is 2. The molecule has 0 aliphatic carbocycles. The minimum absolute atomic E-state index is 0.0704. The van der Waals surface area contributed by atoms with Crippen LogP contribution in [0.25, 0.3) is 0 Å². The summed E-state index contributed by atoms with van der Waals surface area (Å²) in [5, 5.41) is 5.64. The summed E-state index contributed by atoms with van der Waals surface area (Å²) in [4.78, 5) is 16.8. The number of piperidine rings is 1. The van der Waals surface area contributed by atoms with Crippen LogP contribution in [0.1, 0.15) is 53.8 Å². The molecule has 0 radical (unpaired) electrons. The molecule has 2 aliphatic heterocycles. The molecule has 3 rings (SSSR count). The van der Waals surface area contributed by atoms with Crippen LogP contribution in [0.15, 0.2) is 0 Å². The van der Waals surface area contributed by atoms with Crippen LogP contribution in [-0.4, -0.2) is 58.1 Å². The number of rotatable bonds is 3.